The number of halogens is 1. The van der Waals surface area contributed by atoms with E-state index in [1.54, 1.807) is 18.5 Å². The van der Waals surface area contributed by atoms with Gasteiger partial charge in [0.15, 0.2) is 11.5 Å². The molecule has 2 saturated heterocycles. The lowest BCUT2D eigenvalue weighted by atomic mass is 9.96. The fourth-order valence-electron chi connectivity index (χ4n) is 6.94. The Balaban J connectivity index is 0.00000150. The third-order valence-corrected chi connectivity index (χ3v) is 10.2. The molecule has 0 spiro atoms. The average molecular weight is 722 g/mol. The second-order valence-corrected chi connectivity index (χ2v) is 13.9. The number of benzene rings is 3. The highest BCUT2D eigenvalue weighted by Crippen LogP contribution is 2.37. The SMILES string of the molecule is Cc1c(COc2cc(OCc3cncc(C#N)c3)c(CN3CCCCC3)cc2Cl)cccc1-c1ccc2oc(C3CCN(C)CC3)nc2c1.O=CO. The largest absolute Gasteiger partial charge is 0.488 e. The van der Waals surface area contributed by atoms with Gasteiger partial charge in [0.2, 0.25) is 0 Å². The van der Waals surface area contributed by atoms with E-state index in [9.17, 15) is 5.26 Å². The molecule has 10 nitrogen and oxygen atoms in total. The molecule has 270 valence electrons. The van der Waals surface area contributed by atoms with Gasteiger partial charge in [-0.1, -0.05) is 42.3 Å². The van der Waals surface area contributed by atoms with Gasteiger partial charge in [0.25, 0.3) is 6.47 Å². The van der Waals surface area contributed by atoms with Crippen molar-refractivity contribution in [3.63, 3.8) is 0 Å². The highest BCUT2D eigenvalue weighted by atomic mass is 35.5. The Bertz CT molecular complexity index is 2030. The predicted molar refractivity (Wildman–Crippen MR) is 201 cm³/mol. The van der Waals surface area contributed by atoms with E-state index >= 15 is 0 Å². The molecule has 52 heavy (non-hydrogen) atoms. The number of hydrogen-bond donors (Lipinski definition) is 1. The number of likely N-dealkylation sites (tertiary alicyclic amines) is 2. The number of ether oxygens (including phenoxy) is 2. The standard InChI is InChI=1S/C40H42ClN5O3.CH2O2/c1-27-32(7-6-8-34(27)31-9-10-37-36(19-31)44-40(49-37)30-11-15-45(2)16-12-30)26-48-39-20-38(47-25-29-17-28(21-42)22-43-23-29)33(18-35(39)41)24-46-13-4-3-5-14-46;2-1-3/h6-10,17-20,22-23,30H,3-5,11-16,24-26H2,1-2H3;1H,(H,2,3). The molecule has 1 N–H and O–H groups in total. The number of pyridine rings is 1. The Hall–Kier alpha value is -4.95. The van der Waals surface area contributed by atoms with Crippen LogP contribution in [0.25, 0.3) is 22.2 Å². The maximum absolute atomic E-state index is 9.31. The van der Waals surface area contributed by atoms with E-state index in [0.29, 0.717) is 28.9 Å². The van der Waals surface area contributed by atoms with Crippen molar-refractivity contribution in [2.75, 3.05) is 33.2 Å². The second kappa shape index (κ2) is 17.5. The molecular weight excluding hydrogens is 678 g/mol. The minimum atomic E-state index is -0.250. The third kappa shape index (κ3) is 9.09. The minimum Gasteiger partial charge on any atom is -0.488 e. The van der Waals surface area contributed by atoms with Crippen LogP contribution in [0.4, 0.5) is 0 Å². The fraction of sp³-hybridized carbons (Fsp3) is 0.366. The van der Waals surface area contributed by atoms with Gasteiger partial charge in [-0.15, -0.1) is 0 Å². The van der Waals surface area contributed by atoms with Crippen molar-refractivity contribution in [2.24, 2.45) is 0 Å². The molecule has 0 saturated carbocycles. The zero-order chi connectivity index (χ0) is 36.5. The molecule has 2 aromatic heterocycles. The Morgan fingerprint density at radius 2 is 1.75 bits per heavy atom. The van der Waals surface area contributed by atoms with E-state index in [0.717, 1.165) is 102 Å². The normalized spacial score (nSPS) is 15.4. The third-order valence-electron chi connectivity index (χ3n) is 9.89. The summed E-state index contributed by atoms with van der Waals surface area (Å²) in [6.45, 7) is 7.53. The molecule has 5 aromatic rings. The first-order valence-corrected chi connectivity index (χ1v) is 18.1. The molecule has 0 atom stereocenters. The van der Waals surface area contributed by atoms with E-state index in [2.05, 4.69) is 65.2 Å². The summed E-state index contributed by atoms with van der Waals surface area (Å²) in [6.07, 6.45) is 9.09. The van der Waals surface area contributed by atoms with E-state index in [4.69, 9.17) is 40.4 Å². The van der Waals surface area contributed by atoms with E-state index in [1.807, 2.05) is 18.2 Å². The maximum Gasteiger partial charge on any atom is 0.290 e. The molecule has 0 aliphatic carbocycles. The summed E-state index contributed by atoms with van der Waals surface area (Å²) in [7, 11) is 2.17. The summed E-state index contributed by atoms with van der Waals surface area (Å²) < 4.78 is 19.0. The van der Waals surface area contributed by atoms with Gasteiger partial charge in [-0.3, -0.25) is 14.7 Å². The summed E-state index contributed by atoms with van der Waals surface area (Å²) in [5.41, 5.74) is 8.52. The lowest BCUT2D eigenvalue weighted by Gasteiger charge is -2.27. The van der Waals surface area contributed by atoms with Crippen LogP contribution in [0.5, 0.6) is 11.5 Å². The van der Waals surface area contributed by atoms with Gasteiger partial charge in [0.1, 0.15) is 36.3 Å². The van der Waals surface area contributed by atoms with Crippen LogP contribution < -0.4 is 9.47 Å². The van der Waals surface area contributed by atoms with E-state index in [-0.39, 0.29) is 13.1 Å². The number of rotatable bonds is 10. The first-order chi connectivity index (χ1) is 25.3. The van der Waals surface area contributed by atoms with Gasteiger partial charge in [-0.2, -0.15) is 5.26 Å². The lowest BCUT2D eigenvalue weighted by Crippen LogP contribution is -2.29. The zero-order valence-electron chi connectivity index (χ0n) is 29.7. The highest BCUT2D eigenvalue weighted by Gasteiger charge is 2.23. The van der Waals surface area contributed by atoms with Gasteiger partial charge in [0.05, 0.1) is 10.6 Å². The van der Waals surface area contributed by atoms with Crippen molar-refractivity contribution in [3.8, 4) is 28.7 Å². The molecule has 2 aliphatic heterocycles. The molecular formula is C41H44ClN5O5. The number of oxazole rings is 1. The number of fused-ring (bicyclic) bond motifs is 1. The lowest BCUT2D eigenvalue weighted by molar-refractivity contribution is -0.122. The van der Waals surface area contributed by atoms with Crippen LogP contribution >= 0.6 is 11.6 Å². The number of piperidine rings is 2. The summed E-state index contributed by atoms with van der Waals surface area (Å²) in [5, 5.41) is 16.8. The Kier molecular flexibility index (Phi) is 12.4. The molecule has 3 aromatic carbocycles. The van der Waals surface area contributed by atoms with Crippen LogP contribution in [-0.2, 0) is 24.6 Å². The summed E-state index contributed by atoms with van der Waals surface area (Å²) in [5.74, 6) is 2.52. The molecule has 0 bridgehead atoms. The van der Waals surface area contributed by atoms with Crippen molar-refractivity contribution in [1.82, 2.24) is 19.8 Å². The van der Waals surface area contributed by atoms with Crippen molar-refractivity contribution in [2.45, 2.75) is 64.7 Å². The molecule has 2 fully saturated rings. The predicted octanol–water partition coefficient (Wildman–Crippen LogP) is 8.38. The molecule has 0 unspecified atom stereocenters. The van der Waals surface area contributed by atoms with Crippen molar-refractivity contribution >= 4 is 29.2 Å². The fourth-order valence-corrected chi connectivity index (χ4v) is 7.18. The number of nitrogens with zero attached hydrogens (tertiary/aromatic N) is 5. The quantitative estimate of drug-likeness (QED) is 0.141. The monoisotopic (exact) mass is 721 g/mol. The van der Waals surface area contributed by atoms with Gasteiger partial charge in [-0.25, -0.2) is 4.98 Å². The molecule has 2 aliphatic rings. The minimum absolute atomic E-state index is 0.250. The molecule has 11 heteroatoms. The van der Waals surface area contributed by atoms with Crippen molar-refractivity contribution < 1.29 is 23.8 Å². The summed E-state index contributed by atoms with van der Waals surface area (Å²) in [4.78, 5) is 22.3. The Morgan fingerprint density at radius 3 is 2.52 bits per heavy atom. The van der Waals surface area contributed by atoms with Crippen LogP contribution in [0, 0.1) is 18.3 Å². The van der Waals surface area contributed by atoms with Crippen LogP contribution in [0.2, 0.25) is 5.02 Å². The number of aromatic nitrogens is 2. The van der Waals surface area contributed by atoms with Gasteiger partial charge < -0.3 is 23.9 Å². The van der Waals surface area contributed by atoms with Gasteiger partial charge >= 0.3 is 0 Å². The smallest absolute Gasteiger partial charge is 0.290 e. The molecule has 7 rings (SSSR count). The number of nitriles is 1. The molecule has 4 heterocycles. The number of carbonyl (C=O) groups is 1. The van der Waals surface area contributed by atoms with Crippen LogP contribution in [0.3, 0.4) is 0 Å². The average Bonchev–Trinajstić information content (AvgIpc) is 3.59. The molecule has 0 amide bonds. The first-order valence-electron chi connectivity index (χ1n) is 17.7. The van der Waals surface area contributed by atoms with E-state index in [1.165, 1.54) is 19.3 Å². The Morgan fingerprint density at radius 1 is 0.981 bits per heavy atom. The van der Waals surface area contributed by atoms with Crippen molar-refractivity contribution in [3.05, 3.63) is 106 Å². The van der Waals surface area contributed by atoms with Crippen LogP contribution in [0.1, 0.15) is 71.7 Å². The summed E-state index contributed by atoms with van der Waals surface area (Å²) in [6, 6.07) is 20.4. The van der Waals surface area contributed by atoms with E-state index < -0.39 is 0 Å². The first kappa shape index (κ1) is 36.8. The number of hydrogen-bond acceptors (Lipinski definition) is 9. The van der Waals surface area contributed by atoms with Crippen molar-refractivity contribution in [1.29, 1.82) is 5.26 Å². The summed E-state index contributed by atoms with van der Waals surface area (Å²) >= 11 is 6.87. The second-order valence-electron chi connectivity index (χ2n) is 13.5. The van der Waals surface area contributed by atoms with Crippen LogP contribution in [-0.4, -0.2) is 64.6 Å². The highest BCUT2D eigenvalue weighted by molar-refractivity contribution is 6.32. The molecule has 0 radical (unpaired) electrons. The maximum atomic E-state index is 9.31. The topological polar surface area (TPSA) is 125 Å². The number of carboxylic acid groups (broad SMARTS) is 1. The van der Waals surface area contributed by atoms with Crippen LogP contribution in [0.15, 0.2) is 71.4 Å². The zero-order valence-corrected chi connectivity index (χ0v) is 30.4. The Labute approximate surface area is 309 Å². The van der Waals surface area contributed by atoms with Gasteiger partial charge in [0, 0.05) is 42.0 Å². The van der Waals surface area contributed by atoms with Gasteiger partial charge in [-0.05, 0) is 112 Å².